The summed E-state index contributed by atoms with van der Waals surface area (Å²) in [5.74, 6) is -0.403. The molecule has 1 saturated heterocycles. The Kier molecular flexibility index (Phi) is 3.86. The van der Waals surface area contributed by atoms with Crippen LogP contribution in [0.5, 0.6) is 0 Å². The van der Waals surface area contributed by atoms with Gasteiger partial charge in [0, 0.05) is 13.1 Å². The zero-order chi connectivity index (χ0) is 13.1. The van der Waals surface area contributed by atoms with Gasteiger partial charge in [-0.05, 0) is 19.3 Å². The van der Waals surface area contributed by atoms with Gasteiger partial charge in [-0.25, -0.2) is 0 Å². The maximum absolute atomic E-state index is 11.8. The Morgan fingerprint density at radius 1 is 1.39 bits per heavy atom. The van der Waals surface area contributed by atoms with Gasteiger partial charge >= 0.3 is 0 Å². The summed E-state index contributed by atoms with van der Waals surface area (Å²) in [5.41, 5.74) is 5.00. The molecule has 2 rings (SSSR count). The number of nitrogens with one attached hydrogen (secondary N) is 1. The van der Waals surface area contributed by atoms with Crippen molar-refractivity contribution in [1.29, 1.82) is 0 Å². The fraction of sp³-hybridized carbons (Fsp3) is 0.545. The molecule has 1 aliphatic heterocycles. The number of nitrogen functional groups attached to an aromatic ring is 1. The van der Waals surface area contributed by atoms with Crippen molar-refractivity contribution < 1.29 is 4.79 Å². The van der Waals surface area contributed by atoms with E-state index in [1.54, 1.807) is 0 Å². The quantitative estimate of drug-likeness (QED) is 0.625. The number of aromatic amines is 1. The summed E-state index contributed by atoms with van der Waals surface area (Å²) < 4.78 is 0. The highest BCUT2D eigenvalue weighted by Gasteiger charge is 2.19. The summed E-state index contributed by atoms with van der Waals surface area (Å²) in [5, 5.41) is 0. The first kappa shape index (κ1) is 12.9. The maximum atomic E-state index is 11.8. The lowest BCUT2D eigenvalue weighted by atomic mass is 10.1. The molecule has 1 fully saturated rings. The van der Waals surface area contributed by atoms with Crippen molar-refractivity contribution in [2.24, 2.45) is 0 Å². The average molecular weight is 271 g/mol. The summed E-state index contributed by atoms with van der Waals surface area (Å²) in [4.78, 5) is 31.9. The second kappa shape index (κ2) is 5.39. The molecule has 0 saturated carbocycles. The maximum Gasteiger partial charge on any atom is 0.265 e. The van der Waals surface area contributed by atoms with E-state index in [1.165, 1.54) is 6.42 Å². The molecule has 1 aliphatic rings. The second-order valence-corrected chi connectivity index (χ2v) is 4.52. The number of anilines is 2. The first-order chi connectivity index (χ1) is 8.63. The third kappa shape index (κ3) is 2.48. The van der Waals surface area contributed by atoms with E-state index >= 15 is 0 Å². The Bertz CT molecular complexity index is 508. The van der Waals surface area contributed by atoms with Gasteiger partial charge in [-0.2, -0.15) is 4.98 Å². The number of piperidine rings is 1. The van der Waals surface area contributed by atoms with Gasteiger partial charge in [0.1, 0.15) is 11.4 Å². The van der Waals surface area contributed by atoms with Crippen LogP contribution in [0.25, 0.3) is 0 Å². The van der Waals surface area contributed by atoms with Gasteiger partial charge < -0.3 is 10.6 Å². The monoisotopic (exact) mass is 270 g/mol. The highest BCUT2D eigenvalue weighted by atomic mass is 35.5. The minimum Gasteiger partial charge on any atom is -0.383 e. The summed E-state index contributed by atoms with van der Waals surface area (Å²) >= 11 is 5.42. The number of nitrogens with two attached hydrogens (primary N) is 1. The molecule has 1 aromatic heterocycles. The summed E-state index contributed by atoms with van der Waals surface area (Å²) in [7, 11) is 0. The van der Waals surface area contributed by atoms with E-state index in [2.05, 4.69) is 9.97 Å². The number of halogens is 1. The first-order valence-electron chi connectivity index (χ1n) is 5.87. The lowest BCUT2D eigenvalue weighted by Crippen LogP contribution is -2.34. The van der Waals surface area contributed by atoms with Crippen LogP contribution in [-0.4, -0.2) is 34.7 Å². The van der Waals surface area contributed by atoms with E-state index in [0.29, 0.717) is 5.95 Å². The van der Waals surface area contributed by atoms with E-state index in [-0.39, 0.29) is 17.3 Å². The molecule has 0 radical (unpaired) electrons. The number of Topliss-reactive ketones (excluding diaryl/α,β-unsaturated/α-hetero) is 1. The van der Waals surface area contributed by atoms with Crippen LogP contribution in [-0.2, 0) is 0 Å². The molecule has 1 aromatic rings. The van der Waals surface area contributed by atoms with Crippen LogP contribution in [0, 0.1) is 0 Å². The van der Waals surface area contributed by atoms with Crippen molar-refractivity contribution in [2.75, 3.05) is 29.6 Å². The predicted molar refractivity (Wildman–Crippen MR) is 70.4 cm³/mol. The number of rotatable bonds is 3. The van der Waals surface area contributed by atoms with Crippen molar-refractivity contribution in [3.05, 3.63) is 15.9 Å². The molecule has 0 bridgehead atoms. The molecule has 18 heavy (non-hydrogen) atoms. The summed E-state index contributed by atoms with van der Waals surface area (Å²) in [6, 6.07) is 0. The molecule has 3 N–H and O–H groups in total. The number of aromatic nitrogens is 2. The standard InChI is InChI=1S/C11H15ClN4O2/c12-6-7(17)8-9(13)14-11(15-10(8)18)16-4-2-1-3-5-16/h1-6H2,(H3,13,14,15,18). The Balaban J connectivity index is 2.35. The van der Waals surface area contributed by atoms with Gasteiger partial charge in [0.15, 0.2) is 5.78 Å². The zero-order valence-corrected chi connectivity index (χ0v) is 10.7. The Hall–Kier alpha value is -1.56. The van der Waals surface area contributed by atoms with Gasteiger partial charge in [0.25, 0.3) is 5.56 Å². The van der Waals surface area contributed by atoms with Crippen LogP contribution < -0.4 is 16.2 Å². The minimum atomic E-state index is -0.520. The lowest BCUT2D eigenvalue weighted by molar-refractivity contribution is 0.102. The molecule has 0 spiro atoms. The minimum absolute atomic E-state index is 0.0510. The molecular weight excluding hydrogens is 256 g/mol. The number of carbonyl (C=O) groups is 1. The number of hydrogen-bond acceptors (Lipinski definition) is 5. The predicted octanol–water partition coefficient (Wildman–Crippen LogP) is 0.764. The van der Waals surface area contributed by atoms with Crippen molar-refractivity contribution in [2.45, 2.75) is 19.3 Å². The number of ketones is 1. The highest BCUT2D eigenvalue weighted by molar-refractivity contribution is 6.31. The normalized spacial score (nSPS) is 15.7. The van der Waals surface area contributed by atoms with Crippen molar-refractivity contribution in [3.8, 4) is 0 Å². The van der Waals surface area contributed by atoms with Gasteiger partial charge in [0.2, 0.25) is 5.95 Å². The van der Waals surface area contributed by atoms with Gasteiger partial charge in [-0.1, -0.05) is 0 Å². The smallest absolute Gasteiger partial charge is 0.265 e. The van der Waals surface area contributed by atoms with Crippen LogP contribution in [0.3, 0.4) is 0 Å². The van der Waals surface area contributed by atoms with Crippen LogP contribution in [0.4, 0.5) is 11.8 Å². The SMILES string of the molecule is Nc1nc(N2CCCCC2)[nH]c(=O)c1C(=O)CCl. The first-order valence-corrected chi connectivity index (χ1v) is 6.41. The van der Waals surface area contributed by atoms with Gasteiger partial charge in [0.05, 0.1) is 5.88 Å². The topological polar surface area (TPSA) is 92.1 Å². The molecule has 98 valence electrons. The van der Waals surface area contributed by atoms with Crippen molar-refractivity contribution in [1.82, 2.24) is 9.97 Å². The highest BCUT2D eigenvalue weighted by Crippen LogP contribution is 2.16. The van der Waals surface area contributed by atoms with E-state index in [0.717, 1.165) is 25.9 Å². The molecule has 2 heterocycles. The van der Waals surface area contributed by atoms with Crippen LogP contribution in [0.1, 0.15) is 29.6 Å². The number of nitrogens with zero attached hydrogens (tertiary/aromatic N) is 2. The van der Waals surface area contributed by atoms with E-state index in [4.69, 9.17) is 17.3 Å². The fourth-order valence-electron chi connectivity index (χ4n) is 2.07. The number of alkyl halides is 1. The summed E-state index contributed by atoms with van der Waals surface area (Å²) in [6.07, 6.45) is 3.30. The zero-order valence-electron chi connectivity index (χ0n) is 9.91. The molecule has 0 atom stereocenters. The largest absolute Gasteiger partial charge is 0.383 e. The number of H-pyrrole nitrogens is 1. The van der Waals surface area contributed by atoms with Gasteiger partial charge in [-0.3, -0.25) is 14.6 Å². The second-order valence-electron chi connectivity index (χ2n) is 4.25. The van der Waals surface area contributed by atoms with Crippen LogP contribution >= 0.6 is 11.6 Å². The molecule has 0 aliphatic carbocycles. The number of carbonyl (C=O) groups excluding carboxylic acids is 1. The third-order valence-corrected chi connectivity index (χ3v) is 3.23. The summed E-state index contributed by atoms with van der Waals surface area (Å²) in [6.45, 7) is 1.68. The molecular formula is C11H15ClN4O2. The van der Waals surface area contributed by atoms with E-state index in [1.807, 2.05) is 4.90 Å². The Labute approximate surface area is 109 Å². The van der Waals surface area contributed by atoms with E-state index in [9.17, 15) is 9.59 Å². The average Bonchev–Trinajstić information content (AvgIpc) is 2.38. The molecule has 7 heteroatoms. The van der Waals surface area contributed by atoms with E-state index < -0.39 is 11.3 Å². The Morgan fingerprint density at radius 3 is 2.61 bits per heavy atom. The van der Waals surface area contributed by atoms with Crippen molar-refractivity contribution >= 4 is 29.2 Å². The molecule has 0 amide bonds. The van der Waals surface area contributed by atoms with Gasteiger partial charge in [-0.15, -0.1) is 11.6 Å². The number of hydrogen-bond donors (Lipinski definition) is 2. The van der Waals surface area contributed by atoms with Crippen LogP contribution in [0.2, 0.25) is 0 Å². The third-order valence-electron chi connectivity index (χ3n) is 2.99. The molecule has 6 nitrogen and oxygen atoms in total. The molecule has 0 aromatic carbocycles. The van der Waals surface area contributed by atoms with Crippen LogP contribution in [0.15, 0.2) is 4.79 Å². The van der Waals surface area contributed by atoms with Crippen molar-refractivity contribution in [3.63, 3.8) is 0 Å². The lowest BCUT2D eigenvalue weighted by Gasteiger charge is -2.27. The fourth-order valence-corrected chi connectivity index (χ4v) is 2.20. The Morgan fingerprint density at radius 2 is 2.06 bits per heavy atom. The molecule has 0 unspecified atom stereocenters.